The highest BCUT2D eigenvalue weighted by molar-refractivity contribution is 8.15. The lowest BCUT2D eigenvalue weighted by molar-refractivity contribution is -0.127. The highest BCUT2D eigenvalue weighted by Gasteiger charge is 2.37. The van der Waals surface area contributed by atoms with Gasteiger partial charge >= 0.3 is 5.97 Å². The molecule has 0 aromatic heterocycles. The number of carboxylic acid groups (broad SMARTS) is 1. The summed E-state index contributed by atoms with van der Waals surface area (Å²) in [6.07, 6.45) is 0.000339. The first-order valence-electron chi connectivity index (χ1n) is 8.98. The second-order valence-electron chi connectivity index (χ2n) is 6.82. The number of nitrogens with one attached hydrogen (secondary N) is 1. The van der Waals surface area contributed by atoms with Crippen molar-refractivity contribution in [1.82, 2.24) is 4.90 Å². The van der Waals surface area contributed by atoms with Crippen LogP contribution in [0.25, 0.3) is 0 Å². The van der Waals surface area contributed by atoms with Gasteiger partial charge < -0.3 is 10.4 Å². The van der Waals surface area contributed by atoms with E-state index < -0.39 is 11.2 Å². The quantitative estimate of drug-likeness (QED) is 0.783. The number of amides is 2. The highest BCUT2D eigenvalue weighted by atomic mass is 32.2. The molecule has 1 heterocycles. The average molecular weight is 411 g/mol. The molecule has 1 saturated heterocycles. The van der Waals surface area contributed by atoms with Gasteiger partial charge in [-0.05, 0) is 55.3 Å². The lowest BCUT2D eigenvalue weighted by Gasteiger charge is -2.10. The van der Waals surface area contributed by atoms with Crippen LogP contribution in [0.5, 0.6) is 0 Å². The van der Waals surface area contributed by atoms with Gasteiger partial charge in [0.25, 0.3) is 0 Å². The number of anilines is 1. The Morgan fingerprint density at radius 2 is 1.86 bits per heavy atom. The molecule has 0 radical (unpaired) electrons. The summed E-state index contributed by atoms with van der Waals surface area (Å²) in [5.41, 5.74) is 3.51. The molecule has 1 aliphatic rings. The minimum Gasteiger partial charge on any atom is -0.478 e. The van der Waals surface area contributed by atoms with Gasteiger partial charge in [0.1, 0.15) is 5.25 Å². The summed E-state index contributed by atoms with van der Waals surface area (Å²) in [5.74, 6) is -1.52. The molecular weight excluding hydrogens is 390 g/mol. The van der Waals surface area contributed by atoms with Crippen molar-refractivity contribution in [2.75, 3.05) is 12.4 Å². The van der Waals surface area contributed by atoms with Gasteiger partial charge in [-0.1, -0.05) is 23.9 Å². The number of hydrogen-bond donors (Lipinski definition) is 2. The fourth-order valence-electron chi connectivity index (χ4n) is 2.82. The Morgan fingerprint density at radius 3 is 2.52 bits per heavy atom. The number of carbonyl (C=O) groups excluding carboxylic acids is 2. The third kappa shape index (κ3) is 4.83. The van der Waals surface area contributed by atoms with Crippen LogP contribution in [0.1, 0.15) is 27.9 Å². The van der Waals surface area contributed by atoms with Crippen molar-refractivity contribution >= 4 is 46.1 Å². The molecule has 1 aliphatic heterocycles. The molecule has 0 spiro atoms. The molecule has 2 amide bonds. The van der Waals surface area contributed by atoms with E-state index in [-0.39, 0.29) is 23.8 Å². The zero-order valence-corrected chi connectivity index (χ0v) is 17.1. The van der Waals surface area contributed by atoms with Crippen LogP contribution >= 0.6 is 11.8 Å². The maximum atomic E-state index is 12.5. The maximum absolute atomic E-state index is 12.5. The zero-order chi connectivity index (χ0) is 21.1. The highest BCUT2D eigenvalue weighted by Crippen LogP contribution is 2.32. The number of carboxylic acids is 1. The van der Waals surface area contributed by atoms with Gasteiger partial charge in [0.05, 0.1) is 11.3 Å². The van der Waals surface area contributed by atoms with Gasteiger partial charge in [0, 0.05) is 19.2 Å². The molecule has 150 valence electrons. The Kier molecular flexibility index (Phi) is 6.03. The van der Waals surface area contributed by atoms with Crippen LogP contribution in [0.2, 0.25) is 0 Å². The molecule has 3 rings (SSSR count). The Balaban J connectivity index is 1.67. The molecular formula is C21H21N3O4S. The minimum atomic E-state index is -1.03. The Labute approximate surface area is 172 Å². The van der Waals surface area contributed by atoms with E-state index in [1.807, 2.05) is 32.0 Å². The molecule has 29 heavy (non-hydrogen) atoms. The largest absolute Gasteiger partial charge is 0.478 e. The Morgan fingerprint density at radius 1 is 1.17 bits per heavy atom. The number of amidine groups is 1. The number of aliphatic imine (C=N–C) groups is 1. The van der Waals surface area contributed by atoms with Crippen molar-refractivity contribution in [1.29, 1.82) is 0 Å². The number of carbonyl (C=O) groups is 3. The van der Waals surface area contributed by atoms with Gasteiger partial charge in [0.2, 0.25) is 11.8 Å². The fraction of sp³-hybridized carbons (Fsp3) is 0.238. The van der Waals surface area contributed by atoms with Gasteiger partial charge in [-0.15, -0.1) is 0 Å². The van der Waals surface area contributed by atoms with Crippen LogP contribution in [0.15, 0.2) is 47.5 Å². The average Bonchev–Trinajstić information content (AvgIpc) is 2.93. The first-order chi connectivity index (χ1) is 13.7. The summed E-state index contributed by atoms with van der Waals surface area (Å²) >= 11 is 1.27. The van der Waals surface area contributed by atoms with Crippen LogP contribution < -0.4 is 5.32 Å². The molecule has 1 fully saturated rings. The number of nitrogens with zero attached hydrogens (tertiary/aromatic N) is 2. The van der Waals surface area contributed by atoms with E-state index in [1.165, 1.54) is 40.9 Å². The molecule has 8 heteroatoms. The van der Waals surface area contributed by atoms with E-state index in [0.717, 1.165) is 16.8 Å². The molecule has 1 atom stereocenters. The van der Waals surface area contributed by atoms with Crippen molar-refractivity contribution in [3.63, 3.8) is 0 Å². The predicted molar refractivity (Wildman–Crippen MR) is 114 cm³/mol. The second kappa shape index (κ2) is 8.48. The monoisotopic (exact) mass is 411 g/mol. The SMILES string of the molecule is Cc1ccc(C)c(N=C2SC(CC(=O)Nc3ccc(C(=O)O)cc3)C(=O)N2C)c1. The van der Waals surface area contributed by atoms with Crippen LogP contribution in [0.3, 0.4) is 0 Å². The summed E-state index contributed by atoms with van der Waals surface area (Å²) in [6.45, 7) is 3.94. The number of rotatable bonds is 5. The Hall–Kier alpha value is -3.13. The summed E-state index contributed by atoms with van der Waals surface area (Å²) in [4.78, 5) is 41.9. The van der Waals surface area contributed by atoms with Crippen LogP contribution in [-0.4, -0.2) is 45.3 Å². The van der Waals surface area contributed by atoms with E-state index in [1.54, 1.807) is 7.05 Å². The predicted octanol–water partition coefficient (Wildman–Crippen LogP) is 3.59. The molecule has 2 N–H and O–H groups in total. The van der Waals surface area contributed by atoms with Gasteiger partial charge in [-0.3, -0.25) is 14.5 Å². The first-order valence-corrected chi connectivity index (χ1v) is 9.86. The van der Waals surface area contributed by atoms with Crippen molar-refractivity contribution in [2.45, 2.75) is 25.5 Å². The molecule has 0 saturated carbocycles. The van der Waals surface area contributed by atoms with Gasteiger partial charge in [-0.25, -0.2) is 9.79 Å². The fourth-order valence-corrected chi connectivity index (χ4v) is 3.96. The normalized spacial score (nSPS) is 17.6. The van der Waals surface area contributed by atoms with Crippen LogP contribution in [0.4, 0.5) is 11.4 Å². The van der Waals surface area contributed by atoms with E-state index in [9.17, 15) is 14.4 Å². The summed E-state index contributed by atoms with van der Waals surface area (Å²) < 4.78 is 0. The summed E-state index contributed by atoms with van der Waals surface area (Å²) in [6, 6.07) is 11.8. The van der Waals surface area contributed by atoms with E-state index in [4.69, 9.17) is 5.11 Å². The standard InChI is InChI=1S/C21H21N3O4S/c1-12-4-5-13(2)16(10-12)23-21-24(3)19(26)17(29-21)11-18(25)22-15-8-6-14(7-9-15)20(27)28/h4-10,17H,11H2,1-3H3,(H,22,25)(H,27,28). The van der Waals surface area contributed by atoms with Crippen molar-refractivity contribution in [3.8, 4) is 0 Å². The third-order valence-corrected chi connectivity index (χ3v) is 5.74. The van der Waals surface area contributed by atoms with E-state index >= 15 is 0 Å². The first kappa shape index (κ1) is 20.6. The zero-order valence-electron chi connectivity index (χ0n) is 16.3. The molecule has 1 unspecified atom stereocenters. The van der Waals surface area contributed by atoms with Crippen molar-refractivity contribution in [2.24, 2.45) is 4.99 Å². The summed E-state index contributed by atoms with van der Waals surface area (Å²) in [5, 5.41) is 11.6. The molecule has 7 nitrogen and oxygen atoms in total. The Bertz CT molecular complexity index is 1000. The topological polar surface area (TPSA) is 99.1 Å². The number of benzene rings is 2. The molecule has 0 aliphatic carbocycles. The summed E-state index contributed by atoms with van der Waals surface area (Å²) in [7, 11) is 1.65. The number of hydrogen-bond acceptors (Lipinski definition) is 5. The second-order valence-corrected chi connectivity index (χ2v) is 7.99. The smallest absolute Gasteiger partial charge is 0.335 e. The van der Waals surface area contributed by atoms with Gasteiger partial charge in [0.15, 0.2) is 5.17 Å². The maximum Gasteiger partial charge on any atom is 0.335 e. The molecule has 2 aromatic rings. The minimum absolute atomic E-state index is 0.000339. The third-order valence-electron chi connectivity index (χ3n) is 4.51. The van der Waals surface area contributed by atoms with E-state index in [0.29, 0.717) is 10.9 Å². The lowest BCUT2D eigenvalue weighted by atomic mass is 10.1. The van der Waals surface area contributed by atoms with Crippen LogP contribution in [-0.2, 0) is 9.59 Å². The van der Waals surface area contributed by atoms with Crippen molar-refractivity contribution < 1.29 is 19.5 Å². The van der Waals surface area contributed by atoms with Crippen molar-refractivity contribution in [3.05, 3.63) is 59.2 Å². The number of aryl methyl sites for hydroxylation is 2. The number of aromatic carboxylic acids is 1. The van der Waals surface area contributed by atoms with Gasteiger partial charge in [-0.2, -0.15) is 0 Å². The molecule has 0 bridgehead atoms. The van der Waals surface area contributed by atoms with Crippen LogP contribution in [0, 0.1) is 13.8 Å². The lowest BCUT2D eigenvalue weighted by Crippen LogP contribution is -2.30. The van der Waals surface area contributed by atoms with E-state index in [2.05, 4.69) is 10.3 Å². The number of thioether (sulfide) groups is 1. The molecule has 2 aromatic carbocycles.